The summed E-state index contributed by atoms with van der Waals surface area (Å²) in [6.45, 7) is 4.55. The maximum absolute atomic E-state index is 15.3. The zero-order valence-corrected chi connectivity index (χ0v) is 44.9. The van der Waals surface area contributed by atoms with Crippen LogP contribution in [0.5, 0.6) is 46.0 Å². The molecular formula is C66H76N2O10. The Balaban J connectivity index is 1.07. The Bertz CT molecular complexity index is 3210. The smallest absolute Gasteiger partial charge is 0.200 e. The number of Topliss-reactive ketones (excluding diaryl/α,β-unsaturated/α-hetero) is 1. The van der Waals surface area contributed by atoms with Crippen molar-refractivity contribution in [2.75, 3.05) is 6.73 Å². The molecule has 4 saturated carbocycles. The summed E-state index contributed by atoms with van der Waals surface area (Å²) in [4.78, 5) is 19.1. The lowest BCUT2D eigenvalue weighted by Crippen LogP contribution is -2.58. The molecule has 1 heterocycles. The van der Waals surface area contributed by atoms with E-state index in [0.717, 1.165) is 55.2 Å². The number of H-pyrrole nitrogens is 1. The standard InChI is InChI=1S/C66H76N2O10/c1-36(2)12-15-40-32-65(21-5-6-22-65)34-66(50-11-4-3-10-45(50)61-46(60(40)66)20-23-68-61)51-29-42-28-47-41(26-39-16-17-44(70)30-54(39)73)27-48(52(71)18-13-37-14-19-53(72)56(25-37)78-35-67)62(75)59(47)58(51)49-31-55(74)63(76)64(57(42)49)77-33-38-8-7-9-43(69)24-38/h3-4,7-11,14,16-17,19-20,23-25,30-31,36,40-42,47-48,51,58-60,62,68-70,72-76H,5-6,12-13,15,18,21-22,26-29,32-35,67H2,1-2H3/t40-,41+,42-,47+,48-,51-,58-,59+,60-,62-,66+/m0/s1. The number of carbonyl (C=O) groups excluding carboxylic acids is 1. The van der Waals surface area contributed by atoms with Gasteiger partial charge in [-0.1, -0.05) is 81.6 Å². The highest BCUT2D eigenvalue weighted by atomic mass is 16.5. The number of aromatic hydroxyl groups is 6. The number of aryl methyl sites for hydroxylation is 1. The van der Waals surface area contributed by atoms with E-state index in [-0.39, 0.29) is 107 Å². The predicted octanol–water partition coefficient (Wildman–Crippen LogP) is 12.5. The third-order valence-corrected chi connectivity index (χ3v) is 20.3. The molecule has 5 aromatic carbocycles. The van der Waals surface area contributed by atoms with Crippen LogP contribution in [-0.2, 0) is 29.7 Å². The molecule has 0 unspecified atom stereocenters. The lowest BCUT2D eigenvalue weighted by Gasteiger charge is -2.63. The summed E-state index contributed by atoms with van der Waals surface area (Å²) < 4.78 is 12.3. The van der Waals surface area contributed by atoms with Crippen LogP contribution in [0.25, 0.3) is 11.3 Å². The van der Waals surface area contributed by atoms with E-state index in [0.29, 0.717) is 55.1 Å². The minimum atomic E-state index is -1.11. The van der Waals surface area contributed by atoms with Crippen LogP contribution in [0.3, 0.4) is 0 Å². The van der Waals surface area contributed by atoms with Gasteiger partial charge < -0.3 is 50.2 Å². The third-order valence-electron chi connectivity index (χ3n) is 20.3. The van der Waals surface area contributed by atoms with Crippen molar-refractivity contribution < 1.29 is 50.0 Å². The average Bonchev–Trinajstić information content (AvgIpc) is 3.38. The van der Waals surface area contributed by atoms with Crippen LogP contribution in [0, 0.1) is 46.8 Å². The molecule has 6 aromatic rings. The van der Waals surface area contributed by atoms with Gasteiger partial charge in [-0.15, -0.1) is 0 Å². The summed E-state index contributed by atoms with van der Waals surface area (Å²) in [5.74, 6) is -1.82. The molecule has 12 heteroatoms. The maximum atomic E-state index is 15.3. The number of nitrogens with two attached hydrogens (primary N) is 1. The largest absolute Gasteiger partial charge is 0.508 e. The first kappa shape index (κ1) is 52.1. The number of ketones is 1. The van der Waals surface area contributed by atoms with Crippen molar-refractivity contribution in [2.24, 2.45) is 52.6 Å². The monoisotopic (exact) mass is 1060 g/mol. The lowest BCUT2D eigenvalue weighted by atomic mass is 9.40. The summed E-state index contributed by atoms with van der Waals surface area (Å²) >= 11 is 0. The topological polar surface area (TPSA) is 219 Å². The Hall–Kier alpha value is -6.63. The van der Waals surface area contributed by atoms with Gasteiger partial charge in [-0.05, 0) is 199 Å². The SMILES string of the molecule is CC(C)CC[C@H]1CC2(CCCC2)C[C@]2([C@H]3C[C@@H]4C[C@@H]5[C@H](Cc6ccc(O)cc6O)C[C@@H](C(=O)CCc6ccc(O)c(OCN)c6)[C@H](O)[C@H]5[C@H]3c3cc(O)c(O)c(OCc5cccc(O)c5)c34)c3ccccc3-c3[nH]ccc3[C@H]12. The second kappa shape index (κ2) is 20.5. The van der Waals surface area contributed by atoms with Crippen molar-refractivity contribution in [2.45, 2.75) is 140 Å². The van der Waals surface area contributed by atoms with E-state index >= 15 is 4.79 Å². The Morgan fingerprint density at radius 2 is 1.60 bits per heavy atom. The molecule has 0 radical (unpaired) electrons. The van der Waals surface area contributed by atoms with Gasteiger partial charge in [0.25, 0.3) is 0 Å². The van der Waals surface area contributed by atoms with Crippen LogP contribution in [0.2, 0.25) is 0 Å². The van der Waals surface area contributed by atoms with Crippen LogP contribution in [0.15, 0.2) is 103 Å². The van der Waals surface area contributed by atoms with Crippen molar-refractivity contribution in [1.82, 2.24) is 4.98 Å². The molecule has 7 aliphatic rings. The highest BCUT2D eigenvalue weighted by Gasteiger charge is 2.67. The minimum Gasteiger partial charge on any atom is -0.508 e. The van der Waals surface area contributed by atoms with E-state index in [4.69, 9.17) is 15.2 Å². The number of ether oxygens (including phenoxy) is 2. The quantitative estimate of drug-likeness (QED) is 0.0348. The summed E-state index contributed by atoms with van der Waals surface area (Å²) in [5.41, 5.74) is 14.2. The van der Waals surface area contributed by atoms with E-state index in [1.807, 2.05) is 6.07 Å². The predicted molar refractivity (Wildman–Crippen MR) is 298 cm³/mol. The number of phenols is 6. The highest BCUT2D eigenvalue weighted by Crippen LogP contribution is 2.75. The number of fused-ring (bicyclic) bond motifs is 8. The number of hydrogen-bond acceptors (Lipinski definition) is 11. The number of nitrogens with one attached hydrogen (secondary N) is 1. The first-order valence-electron chi connectivity index (χ1n) is 28.8. The van der Waals surface area contributed by atoms with Crippen molar-refractivity contribution >= 4 is 5.78 Å². The van der Waals surface area contributed by atoms with Gasteiger partial charge in [0.1, 0.15) is 36.4 Å². The van der Waals surface area contributed by atoms with Gasteiger partial charge in [-0.25, -0.2) is 0 Å². The van der Waals surface area contributed by atoms with E-state index < -0.39 is 29.3 Å². The first-order valence-corrected chi connectivity index (χ1v) is 28.8. The molecule has 10 N–H and O–H groups in total. The number of aromatic nitrogens is 1. The number of phenolic OH excluding ortho intramolecular Hbond substituents is 6. The van der Waals surface area contributed by atoms with Gasteiger partial charge in [-0.3, -0.25) is 10.5 Å². The fourth-order valence-corrected chi connectivity index (χ4v) is 17.4. The summed E-state index contributed by atoms with van der Waals surface area (Å²) in [7, 11) is 0. The lowest BCUT2D eigenvalue weighted by molar-refractivity contribution is -0.136. The Morgan fingerprint density at radius 3 is 2.38 bits per heavy atom. The molecule has 78 heavy (non-hydrogen) atoms. The van der Waals surface area contributed by atoms with Crippen molar-refractivity contribution in [3.63, 3.8) is 0 Å². The molecule has 1 spiro atoms. The van der Waals surface area contributed by atoms with Crippen LogP contribution >= 0.6 is 0 Å². The van der Waals surface area contributed by atoms with Gasteiger partial charge in [0.2, 0.25) is 5.75 Å². The first-order chi connectivity index (χ1) is 37.7. The fraction of sp³-hybridized carbons (Fsp3) is 0.470. The molecule has 4 fully saturated rings. The highest BCUT2D eigenvalue weighted by molar-refractivity contribution is 5.82. The number of rotatable bonds is 15. The van der Waals surface area contributed by atoms with E-state index in [9.17, 15) is 35.7 Å². The molecule has 2 bridgehead atoms. The fourth-order valence-electron chi connectivity index (χ4n) is 17.4. The molecule has 1 aromatic heterocycles. The Labute approximate surface area is 457 Å². The molecular weight excluding hydrogens is 981 g/mol. The van der Waals surface area contributed by atoms with Crippen LogP contribution in [-0.4, -0.2) is 59.3 Å². The molecule has 12 nitrogen and oxygen atoms in total. The molecule has 11 atom stereocenters. The van der Waals surface area contributed by atoms with Gasteiger partial charge >= 0.3 is 0 Å². The van der Waals surface area contributed by atoms with Crippen LogP contribution in [0.4, 0.5) is 0 Å². The van der Waals surface area contributed by atoms with E-state index in [1.165, 1.54) is 41.3 Å². The third kappa shape index (κ3) is 8.95. The molecule has 410 valence electrons. The van der Waals surface area contributed by atoms with Crippen LogP contribution in [0.1, 0.15) is 148 Å². The number of hydrogen-bond donors (Lipinski definition) is 9. The van der Waals surface area contributed by atoms with Gasteiger partial charge in [0.15, 0.2) is 23.0 Å². The van der Waals surface area contributed by atoms with Gasteiger partial charge in [0.05, 0.1) is 6.10 Å². The van der Waals surface area contributed by atoms with Gasteiger partial charge in [0, 0.05) is 46.8 Å². The number of benzene rings is 5. The van der Waals surface area contributed by atoms with Crippen molar-refractivity contribution in [1.29, 1.82) is 0 Å². The number of aliphatic hydroxyl groups excluding tert-OH is 1. The second-order valence-corrected chi connectivity index (χ2v) is 25.0. The zero-order valence-electron chi connectivity index (χ0n) is 44.9. The van der Waals surface area contributed by atoms with Crippen LogP contribution < -0.4 is 15.2 Å². The average molecular weight is 1060 g/mol. The van der Waals surface area contributed by atoms with Crippen molar-refractivity contribution in [3.8, 4) is 57.3 Å². The summed E-state index contributed by atoms with van der Waals surface area (Å²) in [6, 6.07) is 29.7. The molecule has 0 aliphatic heterocycles. The second-order valence-electron chi connectivity index (χ2n) is 25.0. The molecule has 0 saturated heterocycles. The number of aliphatic hydroxyl groups is 1. The van der Waals surface area contributed by atoms with E-state index in [1.54, 1.807) is 54.6 Å². The Kier molecular flexibility index (Phi) is 13.7. The number of carbonyl (C=O) groups is 1. The summed E-state index contributed by atoms with van der Waals surface area (Å²) in [5, 5.41) is 81.2. The Morgan fingerprint density at radius 1 is 0.795 bits per heavy atom. The van der Waals surface area contributed by atoms with E-state index in [2.05, 4.69) is 55.4 Å². The van der Waals surface area contributed by atoms with Crippen molar-refractivity contribution in [3.05, 3.63) is 142 Å². The zero-order chi connectivity index (χ0) is 54.2. The summed E-state index contributed by atoms with van der Waals surface area (Å²) in [6.07, 6.45) is 12.5. The number of aromatic amines is 1. The minimum absolute atomic E-state index is 0.0179. The molecule has 13 rings (SSSR count). The normalized spacial score (nSPS) is 28.3. The van der Waals surface area contributed by atoms with Gasteiger partial charge in [-0.2, -0.15) is 0 Å². The molecule has 0 amide bonds. The molecule has 7 aliphatic carbocycles. The maximum Gasteiger partial charge on any atom is 0.200 e.